The molecule has 0 fully saturated rings. The van der Waals surface area contributed by atoms with Gasteiger partial charge in [-0.2, -0.15) is 5.10 Å². The Morgan fingerprint density at radius 3 is 2.78 bits per heavy atom. The number of nitrogens with zero attached hydrogens (tertiary/aromatic N) is 2. The quantitative estimate of drug-likeness (QED) is 0.562. The van der Waals surface area contributed by atoms with E-state index in [4.69, 9.17) is 0 Å². The third-order valence-electron chi connectivity index (χ3n) is 3.60. The summed E-state index contributed by atoms with van der Waals surface area (Å²) in [6, 6.07) is 17.9. The summed E-state index contributed by atoms with van der Waals surface area (Å²) >= 11 is 0. The molecule has 0 saturated carbocycles. The molecule has 3 rings (SSSR count). The molecule has 5 nitrogen and oxygen atoms in total. The summed E-state index contributed by atoms with van der Waals surface area (Å²) in [4.78, 5) is 11.9. The first-order valence-electron chi connectivity index (χ1n) is 7.39. The van der Waals surface area contributed by atoms with E-state index in [2.05, 4.69) is 15.8 Å². The number of aromatic nitrogens is 1. The maximum absolute atomic E-state index is 11.9. The molecule has 0 aliphatic rings. The van der Waals surface area contributed by atoms with E-state index in [9.17, 15) is 4.79 Å². The number of benzene rings is 2. The van der Waals surface area contributed by atoms with Crippen molar-refractivity contribution in [3.05, 3.63) is 66.5 Å². The standard InChI is InChI=1S/C18H18N4O/c1-22-11-5-8-15(22)12-20-21-18(23)13-19-17-10-4-7-14-6-2-3-9-16(14)17/h2-12,19H,13H2,1H3,(H,21,23)/b20-12-. The first kappa shape index (κ1) is 14.8. The molecule has 0 spiro atoms. The van der Waals surface area contributed by atoms with Gasteiger partial charge in [-0.25, -0.2) is 5.43 Å². The molecule has 0 aliphatic heterocycles. The minimum absolute atomic E-state index is 0.165. The van der Waals surface area contributed by atoms with Gasteiger partial charge in [0.25, 0.3) is 5.91 Å². The largest absolute Gasteiger partial charge is 0.376 e. The summed E-state index contributed by atoms with van der Waals surface area (Å²) < 4.78 is 1.92. The third-order valence-corrected chi connectivity index (χ3v) is 3.60. The zero-order valence-corrected chi connectivity index (χ0v) is 12.9. The Bertz CT molecular complexity index is 846. The Balaban J connectivity index is 1.58. The summed E-state index contributed by atoms with van der Waals surface area (Å²) in [6.45, 7) is 0.165. The van der Waals surface area contributed by atoms with Crippen LogP contribution in [0.25, 0.3) is 10.8 Å². The highest BCUT2D eigenvalue weighted by Gasteiger charge is 2.03. The van der Waals surface area contributed by atoms with E-state index in [-0.39, 0.29) is 12.5 Å². The van der Waals surface area contributed by atoms with Crippen molar-refractivity contribution in [3.63, 3.8) is 0 Å². The van der Waals surface area contributed by atoms with Gasteiger partial charge in [0.05, 0.1) is 18.5 Å². The Morgan fingerprint density at radius 2 is 1.96 bits per heavy atom. The molecule has 0 radical (unpaired) electrons. The molecule has 0 bridgehead atoms. The number of anilines is 1. The fraction of sp³-hybridized carbons (Fsp3) is 0.111. The summed E-state index contributed by atoms with van der Waals surface area (Å²) in [5.41, 5.74) is 4.38. The van der Waals surface area contributed by atoms with Gasteiger partial charge in [0, 0.05) is 24.3 Å². The number of carbonyl (C=O) groups excluding carboxylic acids is 1. The van der Waals surface area contributed by atoms with Crippen LogP contribution < -0.4 is 10.7 Å². The Hall–Kier alpha value is -3.08. The van der Waals surface area contributed by atoms with Crippen molar-refractivity contribution >= 4 is 28.6 Å². The molecule has 23 heavy (non-hydrogen) atoms. The van der Waals surface area contributed by atoms with Crippen molar-refractivity contribution in [2.75, 3.05) is 11.9 Å². The minimum atomic E-state index is -0.191. The van der Waals surface area contributed by atoms with Crippen LogP contribution in [0.1, 0.15) is 5.69 Å². The SMILES string of the molecule is Cn1cccc1/C=N\NC(=O)CNc1cccc2ccccc12. The fourth-order valence-corrected chi connectivity index (χ4v) is 2.37. The van der Waals surface area contributed by atoms with Gasteiger partial charge < -0.3 is 9.88 Å². The van der Waals surface area contributed by atoms with Crippen LogP contribution in [0, 0.1) is 0 Å². The first-order chi connectivity index (χ1) is 11.2. The van der Waals surface area contributed by atoms with Gasteiger partial charge in [0.1, 0.15) is 0 Å². The van der Waals surface area contributed by atoms with Gasteiger partial charge in [-0.15, -0.1) is 0 Å². The van der Waals surface area contributed by atoms with Gasteiger partial charge >= 0.3 is 0 Å². The summed E-state index contributed by atoms with van der Waals surface area (Å²) in [6.07, 6.45) is 3.54. The van der Waals surface area contributed by atoms with Crippen molar-refractivity contribution in [2.45, 2.75) is 0 Å². The van der Waals surface area contributed by atoms with Gasteiger partial charge in [-0.1, -0.05) is 36.4 Å². The van der Waals surface area contributed by atoms with E-state index >= 15 is 0 Å². The Labute approximate surface area is 134 Å². The number of hydrazone groups is 1. The zero-order chi connectivity index (χ0) is 16.1. The highest BCUT2D eigenvalue weighted by atomic mass is 16.2. The minimum Gasteiger partial charge on any atom is -0.376 e. The molecular formula is C18H18N4O. The van der Waals surface area contributed by atoms with Crippen molar-refractivity contribution in [3.8, 4) is 0 Å². The number of hydrogen-bond acceptors (Lipinski definition) is 3. The predicted molar refractivity (Wildman–Crippen MR) is 93.6 cm³/mol. The molecule has 0 aliphatic carbocycles. The fourth-order valence-electron chi connectivity index (χ4n) is 2.37. The highest BCUT2D eigenvalue weighted by molar-refractivity contribution is 5.95. The van der Waals surface area contributed by atoms with Crippen molar-refractivity contribution in [2.24, 2.45) is 12.1 Å². The van der Waals surface area contributed by atoms with Crippen LogP contribution in [0.3, 0.4) is 0 Å². The topological polar surface area (TPSA) is 58.4 Å². The van der Waals surface area contributed by atoms with Crippen LogP contribution in [-0.4, -0.2) is 23.2 Å². The molecule has 5 heteroatoms. The van der Waals surface area contributed by atoms with Crippen LogP contribution in [-0.2, 0) is 11.8 Å². The zero-order valence-electron chi connectivity index (χ0n) is 12.9. The summed E-state index contributed by atoms with van der Waals surface area (Å²) in [7, 11) is 1.92. The number of rotatable bonds is 5. The molecule has 0 atom stereocenters. The number of carbonyl (C=O) groups is 1. The third kappa shape index (κ3) is 3.58. The number of aryl methyl sites for hydroxylation is 1. The van der Waals surface area contributed by atoms with Crippen LogP contribution in [0.15, 0.2) is 65.9 Å². The lowest BCUT2D eigenvalue weighted by Crippen LogP contribution is -2.26. The lowest BCUT2D eigenvalue weighted by molar-refractivity contribution is -0.119. The molecule has 116 valence electrons. The van der Waals surface area contributed by atoms with Gasteiger partial charge in [-0.3, -0.25) is 4.79 Å². The number of nitrogens with one attached hydrogen (secondary N) is 2. The summed E-state index contributed by atoms with van der Waals surface area (Å²) in [5, 5.41) is 9.35. The molecule has 0 unspecified atom stereocenters. The lowest BCUT2D eigenvalue weighted by Gasteiger charge is -2.08. The maximum atomic E-state index is 11.9. The van der Waals surface area contributed by atoms with E-state index in [1.165, 1.54) is 0 Å². The van der Waals surface area contributed by atoms with Crippen LogP contribution >= 0.6 is 0 Å². The van der Waals surface area contributed by atoms with Crippen molar-refractivity contribution in [1.82, 2.24) is 9.99 Å². The monoisotopic (exact) mass is 306 g/mol. The second-order valence-electron chi connectivity index (χ2n) is 5.22. The molecule has 1 aromatic heterocycles. The maximum Gasteiger partial charge on any atom is 0.259 e. The Kier molecular flexibility index (Phi) is 4.38. The van der Waals surface area contributed by atoms with E-state index in [0.29, 0.717) is 0 Å². The molecule has 3 aromatic rings. The van der Waals surface area contributed by atoms with E-state index in [1.807, 2.05) is 72.4 Å². The van der Waals surface area contributed by atoms with Gasteiger partial charge in [0.15, 0.2) is 0 Å². The number of hydrogen-bond donors (Lipinski definition) is 2. The molecule has 0 saturated heterocycles. The molecule has 2 aromatic carbocycles. The normalized spacial score (nSPS) is 11.0. The first-order valence-corrected chi connectivity index (χ1v) is 7.39. The highest BCUT2D eigenvalue weighted by Crippen LogP contribution is 2.22. The summed E-state index contributed by atoms with van der Waals surface area (Å²) in [5.74, 6) is -0.191. The van der Waals surface area contributed by atoms with Gasteiger partial charge in [0.2, 0.25) is 0 Å². The van der Waals surface area contributed by atoms with Crippen molar-refractivity contribution in [1.29, 1.82) is 0 Å². The van der Waals surface area contributed by atoms with E-state index in [1.54, 1.807) is 6.21 Å². The van der Waals surface area contributed by atoms with E-state index < -0.39 is 0 Å². The number of fused-ring (bicyclic) bond motifs is 1. The molecule has 1 amide bonds. The predicted octanol–water partition coefficient (Wildman–Crippen LogP) is 2.74. The average Bonchev–Trinajstić information content (AvgIpc) is 2.98. The molecule has 2 N–H and O–H groups in total. The lowest BCUT2D eigenvalue weighted by atomic mass is 10.1. The molecular weight excluding hydrogens is 288 g/mol. The van der Waals surface area contributed by atoms with Crippen molar-refractivity contribution < 1.29 is 4.79 Å². The molecule has 1 heterocycles. The second-order valence-corrected chi connectivity index (χ2v) is 5.22. The van der Waals surface area contributed by atoms with Gasteiger partial charge in [-0.05, 0) is 23.6 Å². The smallest absolute Gasteiger partial charge is 0.259 e. The van der Waals surface area contributed by atoms with Crippen LogP contribution in [0.5, 0.6) is 0 Å². The Morgan fingerprint density at radius 1 is 1.13 bits per heavy atom. The average molecular weight is 306 g/mol. The van der Waals surface area contributed by atoms with Crippen LogP contribution in [0.4, 0.5) is 5.69 Å². The van der Waals surface area contributed by atoms with E-state index in [0.717, 1.165) is 22.2 Å². The second kappa shape index (κ2) is 6.79. The van der Waals surface area contributed by atoms with Crippen LogP contribution in [0.2, 0.25) is 0 Å². The number of amides is 1.